The van der Waals surface area contributed by atoms with Gasteiger partial charge in [0.25, 0.3) is 0 Å². The molecular formula is C14H23N3O2. The molecule has 0 aliphatic carbocycles. The predicted molar refractivity (Wildman–Crippen MR) is 71.7 cm³/mol. The Balaban J connectivity index is 1.76. The maximum atomic E-state index is 6.49. The van der Waals surface area contributed by atoms with E-state index in [0.29, 0.717) is 5.92 Å². The zero-order chi connectivity index (χ0) is 13.5. The Labute approximate surface area is 114 Å². The summed E-state index contributed by atoms with van der Waals surface area (Å²) in [6.45, 7) is 4.36. The van der Waals surface area contributed by atoms with Crippen LogP contribution in [0.2, 0.25) is 0 Å². The van der Waals surface area contributed by atoms with Crippen molar-refractivity contribution in [1.82, 2.24) is 9.78 Å². The molecule has 0 radical (unpaired) electrons. The number of nitrogens with two attached hydrogens (primary N) is 1. The average Bonchev–Trinajstić information content (AvgIpc) is 2.96. The summed E-state index contributed by atoms with van der Waals surface area (Å²) in [4.78, 5) is 0. The van der Waals surface area contributed by atoms with Crippen LogP contribution in [0.25, 0.3) is 0 Å². The maximum absolute atomic E-state index is 6.49. The van der Waals surface area contributed by atoms with E-state index in [1.165, 1.54) is 5.56 Å². The van der Waals surface area contributed by atoms with Gasteiger partial charge in [-0.05, 0) is 25.7 Å². The SMILES string of the molecule is Cc1nn(C)cc1C(N)C1CCOC2(CCOC2)C1. The zero-order valence-corrected chi connectivity index (χ0v) is 11.8. The Bertz CT molecular complexity index is 452. The number of aryl methyl sites for hydroxylation is 2. The first kappa shape index (κ1) is 13.1. The minimum Gasteiger partial charge on any atom is -0.378 e. The highest BCUT2D eigenvalue weighted by molar-refractivity contribution is 5.21. The van der Waals surface area contributed by atoms with Gasteiger partial charge in [-0.2, -0.15) is 5.10 Å². The lowest BCUT2D eigenvalue weighted by molar-refractivity contribution is -0.101. The van der Waals surface area contributed by atoms with Crippen molar-refractivity contribution in [3.8, 4) is 0 Å². The minimum absolute atomic E-state index is 0.0510. The van der Waals surface area contributed by atoms with E-state index in [1.807, 2.05) is 24.9 Å². The maximum Gasteiger partial charge on any atom is 0.0940 e. The molecule has 1 aromatic heterocycles. The summed E-state index contributed by atoms with van der Waals surface area (Å²) in [6.07, 6.45) is 5.08. The highest BCUT2D eigenvalue weighted by Gasteiger charge is 2.42. The monoisotopic (exact) mass is 265 g/mol. The van der Waals surface area contributed by atoms with Crippen molar-refractivity contribution < 1.29 is 9.47 Å². The molecule has 2 fully saturated rings. The van der Waals surface area contributed by atoms with Gasteiger partial charge in [-0.25, -0.2) is 0 Å². The number of ether oxygens (including phenoxy) is 2. The third-order valence-electron chi connectivity index (χ3n) is 4.52. The Morgan fingerprint density at radius 3 is 3.00 bits per heavy atom. The van der Waals surface area contributed by atoms with Crippen molar-refractivity contribution in [2.45, 2.75) is 37.8 Å². The fraction of sp³-hybridized carbons (Fsp3) is 0.786. The molecule has 1 spiro atoms. The molecule has 5 nitrogen and oxygen atoms in total. The molecule has 2 aliphatic heterocycles. The second-order valence-corrected chi connectivity index (χ2v) is 5.96. The molecular weight excluding hydrogens is 242 g/mol. The van der Waals surface area contributed by atoms with Gasteiger partial charge in [0.1, 0.15) is 0 Å². The van der Waals surface area contributed by atoms with Crippen LogP contribution >= 0.6 is 0 Å². The van der Waals surface area contributed by atoms with Crippen molar-refractivity contribution in [2.75, 3.05) is 19.8 Å². The normalized spacial score (nSPS) is 32.9. The van der Waals surface area contributed by atoms with Crippen LogP contribution in [0, 0.1) is 12.8 Å². The van der Waals surface area contributed by atoms with Gasteiger partial charge in [-0.15, -0.1) is 0 Å². The van der Waals surface area contributed by atoms with Crippen LogP contribution in [0.4, 0.5) is 0 Å². The first-order valence-corrected chi connectivity index (χ1v) is 7.07. The van der Waals surface area contributed by atoms with Gasteiger partial charge in [0.15, 0.2) is 0 Å². The molecule has 3 rings (SSSR count). The molecule has 0 bridgehead atoms. The summed E-state index contributed by atoms with van der Waals surface area (Å²) in [5.41, 5.74) is 8.62. The molecule has 2 aliphatic rings. The third kappa shape index (κ3) is 2.42. The van der Waals surface area contributed by atoms with Gasteiger partial charge in [-0.1, -0.05) is 0 Å². The highest BCUT2D eigenvalue weighted by atomic mass is 16.6. The van der Waals surface area contributed by atoms with Crippen LogP contribution in [0.5, 0.6) is 0 Å². The van der Waals surface area contributed by atoms with Crippen LogP contribution in [0.15, 0.2) is 6.20 Å². The van der Waals surface area contributed by atoms with E-state index in [9.17, 15) is 0 Å². The quantitative estimate of drug-likeness (QED) is 0.876. The minimum atomic E-state index is -0.0728. The Hall–Kier alpha value is -0.910. The Morgan fingerprint density at radius 1 is 1.53 bits per heavy atom. The van der Waals surface area contributed by atoms with Crippen LogP contribution in [-0.2, 0) is 16.5 Å². The van der Waals surface area contributed by atoms with Crippen LogP contribution in [0.1, 0.15) is 36.6 Å². The van der Waals surface area contributed by atoms with E-state index in [1.54, 1.807) is 0 Å². The smallest absolute Gasteiger partial charge is 0.0940 e. The summed E-state index contributed by atoms with van der Waals surface area (Å²) in [6, 6.07) is 0.0510. The molecule has 3 unspecified atom stereocenters. The zero-order valence-electron chi connectivity index (χ0n) is 11.8. The number of rotatable bonds is 2. The highest BCUT2D eigenvalue weighted by Crippen LogP contribution is 2.40. The standard InChI is InChI=1S/C14H23N3O2/c1-10-12(8-17(2)16-10)13(15)11-3-5-19-14(7-11)4-6-18-9-14/h8,11,13H,3-7,9,15H2,1-2H3. The molecule has 0 amide bonds. The molecule has 106 valence electrons. The third-order valence-corrected chi connectivity index (χ3v) is 4.52. The molecule has 2 N–H and O–H groups in total. The van der Waals surface area contributed by atoms with E-state index in [4.69, 9.17) is 15.2 Å². The Morgan fingerprint density at radius 2 is 2.37 bits per heavy atom. The second kappa shape index (κ2) is 4.89. The van der Waals surface area contributed by atoms with E-state index in [-0.39, 0.29) is 11.6 Å². The van der Waals surface area contributed by atoms with E-state index >= 15 is 0 Å². The van der Waals surface area contributed by atoms with Gasteiger partial charge >= 0.3 is 0 Å². The lowest BCUT2D eigenvalue weighted by Gasteiger charge is -2.39. The van der Waals surface area contributed by atoms with Crippen molar-refractivity contribution in [1.29, 1.82) is 0 Å². The predicted octanol–water partition coefficient (Wildman–Crippen LogP) is 1.31. The summed E-state index contributed by atoms with van der Waals surface area (Å²) < 4.78 is 13.3. The van der Waals surface area contributed by atoms with Crippen LogP contribution in [0.3, 0.4) is 0 Å². The lowest BCUT2D eigenvalue weighted by Crippen LogP contribution is -2.43. The fourth-order valence-electron chi connectivity index (χ4n) is 3.43. The number of hydrogen-bond donors (Lipinski definition) is 1. The summed E-state index contributed by atoms with van der Waals surface area (Å²) >= 11 is 0. The van der Waals surface area contributed by atoms with Gasteiger partial charge in [0, 0.05) is 44.5 Å². The molecule has 19 heavy (non-hydrogen) atoms. The molecule has 2 saturated heterocycles. The summed E-state index contributed by atoms with van der Waals surface area (Å²) in [5, 5.41) is 4.40. The van der Waals surface area contributed by atoms with E-state index in [0.717, 1.165) is 44.8 Å². The largest absolute Gasteiger partial charge is 0.378 e. The van der Waals surface area contributed by atoms with Crippen molar-refractivity contribution >= 4 is 0 Å². The Kier molecular flexibility index (Phi) is 3.37. The van der Waals surface area contributed by atoms with Crippen molar-refractivity contribution in [2.24, 2.45) is 18.7 Å². The van der Waals surface area contributed by atoms with E-state index < -0.39 is 0 Å². The van der Waals surface area contributed by atoms with Gasteiger partial charge < -0.3 is 15.2 Å². The van der Waals surface area contributed by atoms with Crippen LogP contribution in [-0.4, -0.2) is 35.2 Å². The first-order valence-electron chi connectivity index (χ1n) is 7.07. The fourth-order valence-corrected chi connectivity index (χ4v) is 3.43. The summed E-state index contributed by atoms with van der Waals surface area (Å²) in [5.74, 6) is 0.457. The molecule has 0 aromatic carbocycles. The number of nitrogens with zero attached hydrogens (tertiary/aromatic N) is 2. The number of hydrogen-bond acceptors (Lipinski definition) is 4. The van der Waals surface area contributed by atoms with Crippen molar-refractivity contribution in [3.63, 3.8) is 0 Å². The van der Waals surface area contributed by atoms with Crippen LogP contribution < -0.4 is 5.73 Å². The second-order valence-electron chi connectivity index (χ2n) is 5.96. The number of aromatic nitrogens is 2. The topological polar surface area (TPSA) is 62.3 Å². The molecule has 3 heterocycles. The molecule has 1 aromatic rings. The van der Waals surface area contributed by atoms with Crippen molar-refractivity contribution in [3.05, 3.63) is 17.5 Å². The summed E-state index contributed by atoms with van der Waals surface area (Å²) in [7, 11) is 1.94. The first-order chi connectivity index (χ1) is 9.10. The van der Waals surface area contributed by atoms with Gasteiger partial charge in [0.05, 0.1) is 17.9 Å². The molecule has 3 atom stereocenters. The van der Waals surface area contributed by atoms with Gasteiger partial charge in [0.2, 0.25) is 0 Å². The van der Waals surface area contributed by atoms with E-state index in [2.05, 4.69) is 5.10 Å². The molecule has 0 saturated carbocycles. The lowest BCUT2D eigenvalue weighted by atomic mass is 9.79. The van der Waals surface area contributed by atoms with Gasteiger partial charge in [-0.3, -0.25) is 4.68 Å². The molecule has 5 heteroatoms. The average molecular weight is 265 g/mol.